The van der Waals surface area contributed by atoms with Crippen LogP contribution in [0.5, 0.6) is 0 Å². The van der Waals surface area contributed by atoms with E-state index in [4.69, 9.17) is 10.2 Å². The van der Waals surface area contributed by atoms with Crippen LogP contribution in [0.25, 0.3) is 11.5 Å². The number of nitrogens with two attached hydrogens (primary N) is 1. The number of anilines is 1. The van der Waals surface area contributed by atoms with Crippen molar-refractivity contribution in [1.29, 1.82) is 0 Å². The smallest absolute Gasteiger partial charge is 0.251 e. The van der Waals surface area contributed by atoms with Crippen LogP contribution in [-0.2, 0) is 0 Å². The zero-order valence-electron chi connectivity index (χ0n) is 7.98. The summed E-state index contributed by atoms with van der Waals surface area (Å²) < 4.78 is 5.25. The van der Waals surface area contributed by atoms with E-state index in [2.05, 4.69) is 15.2 Å². The molecule has 2 N–H and O–H groups in total. The van der Waals surface area contributed by atoms with Gasteiger partial charge in [0.05, 0.1) is 5.56 Å². The number of aryl methyl sites for hydroxylation is 2. The fourth-order valence-electron chi connectivity index (χ4n) is 1.16. The van der Waals surface area contributed by atoms with Crippen molar-refractivity contribution in [1.82, 2.24) is 15.2 Å². The fourth-order valence-corrected chi connectivity index (χ4v) is 1.16. The third kappa shape index (κ3) is 1.44. The minimum atomic E-state index is 0.410. The Morgan fingerprint density at radius 3 is 2.57 bits per heavy atom. The number of nitrogen functional groups attached to an aromatic ring is 1. The molecule has 5 heteroatoms. The van der Waals surface area contributed by atoms with Crippen molar-refractivity contribution in [2.24, 2.45) is 0 Å². The zero-order chi connectivity index (χ0) is 10.1. The molecule has 0 spiro atoms. The molecule has 0 aliphatic carbocycles. The first-order chi connectivity index (χ1) is 6.66. The summed E-state index contributed by atoms with van der Waals surface area (Å²) in [5, 5.41) is 7.60. The average molecular weight is 190 g/mol. The highest BCUT2D eigenvalue weighted by Gasteiger charge is 2.10. The summed E-state index contributed by atoms with van der Waals surface area (Å²) in [5.74, 6) is 1.33. The second-order valence-electron chi connectivity index (χ2n) is 3.01. The number of nitrogens with zero attached hydrogens (tertiary/aromatic N) is 3. The van der Waals surface area contributed by atoms with Gasteiger partial charge in [-0.25, -0.2) is 4.98 Å². The van der Waals surface area contributed by atoms with Gasteiger partial charge in [0.1, 0.15) is 5.82 Å². The second kappa shape index (κ2) is 3.10. The van der Waals surface area contributed by atoms with Crippen molar-refractivity contribution in [3.63, 3.8) is 0 Å². The maximum Gasteiger partial charge on any atom is 0.251 e. The largest absolute Gasteiger partial charge is 0.421 e. The monoisotopic (exact) mass is 190 g/mol. The zero-order valence-corrected chi connectivity index (χ0v) is 7.98. The van der Waals surface area contributed by atoms with Crippen molar-refractivity contribution in [3.8, 4) is 11.5 Å². The van der Waals surface area contributed by atoms with Crippen LogP contribution in [0.1, 0.15) is 11.6 Å². The molecule has 2 aromatic heterocycles. The molecule has 0 saturated heterocycles. The lowest BCUT2D eigenvalue weighted by Gasteiger charge is -2.00. The van der Waals surface area contributed by atoms with Crippen molar-refractivity contribution < 1.29 is 4.42 Å². The lowest BCUT2D eigenvalue weighted by Crippen LogP contribution is -1.95. The first kappa shape index (κ1) is 8.68. The molecule has 14 heavy (non-hydrogen) atoms. The Morgan fingerprint density at radius 1 is 1.21 bits per heavy atom. The molecule has 0 bridgehead atoms. The lowest BCUT2D eigenvalue weighted by atomic mass is 10.2. The van der Waals surface area contributed by atoms with E-state index in [9.17, 15) is 0 Å². The average Bonchev–Trinajstić information content (AvgIpc) is 2.51. The highest BCUT2D eigenvalue weighted by Crippen LogP contribution is 2.22. The minimum Gasteiger partial charge on any atom is -0.421 e. The molecule has 2 heterocycles. The van der Waals surface area contributed by atoms with Gasteiger partial charge in [0.25, 0.3) is 5.89 Å². The van der Waals surface area contributed by atoms with E-state index in [-0.39, 0.29) is 0 Å². The molecule has 2 rings (SSSR count). The molecule has 0 saturated carbocycles. The van der Waals surface area contributed by atoms with Crippen molar-refractivity contribution in [3.05, 3.63) is 23.7 Å². The van der Waals surface area contributed by atoms with E-state index in [0.717, 1.165) is 5.69 Å². The summed E-state index contributed by atoms with van der Waals surface area (Å²) >= 11 is 0. The molecule has 0 amide bonds. The molecule has 5 nitrogen and oxygen atoms in total. The molecule has 0 unspecified atom stereocenters. The quantitative estimate of drug-likeness (QED) is 0.733. The van der Waals surface area contributed by atoms with E-state index < -0.39 is 0 Å². The summed E-state index contributed by atoms with van der Waals surface area (Å²) in [7, 11) is 0. The molecule has 0 radical (unpaired) electrons. The Balaban J connectivity index is 2.52. The third-order valence-electron chi connectivity index (χ3n) is 1.82. The number of hydrogen-bond donors (Lipinski definition) is 1. The normalized spacial score (nSPS) is 10.4. The number of pyridine rings is 1. The van der Waals surface area contributed by atoms with Gasteiger partial charge in [-0.15, -0.1) is 10.2 Å². The van der Waals surface area contributed by atoms with Gasteiger partial charge < -0.3 is 10.2 Å². The highest BCUT2D eigenvalue weighted by atomic mass is 16.4. The van der Waals surface area contributed by atoms with Gasteiger partial charge in [0.15, 0.2) is 0 Å². The summed E-state index contributed by atoms with van der Waals surface area (Å²) in [6.07, 6.45) is 0. The molecular formula is C9H10N4O. The SMILES string of the molecule is Cc1ccc(-c2nnc(C)o2)c(N)n1. The Bertz CT molecular complexity index is 464. The van der Waals surface area contributed by atoms with Crippen LogP contribution in [0.4, 0.5) is 5.82 Å². The predicted molar refractivity (Wildman–Crippen MR) is 51.4 cm³/mol. The lowest BCUT2D eigenvalue weighted by molar-refractivity contribution is 0.533. The first-order valence-electron chi connectivity index (χ1n) is 4.20. The van der Waals surface area contributed by atoms with Gasteiger partial charge in [-0.3, -0.25) is 0 Å². The molecular weight excluding hydrogens is 180 g/mol. The van der Waals surface area contributed by atoms with Crippen LogP contribution in [0, 0.1) is 13.8 Å². The van der Waals surface area contributed by atoms with Crippen LogP contribution in [0.2, 0.25) is 0 Å². The van der Waals surface area contributed by atoms with E-state index in [1.165, 1.54) is 0 Å². The Morgan fingerprint density at radius 2 is 2.00 bits per heavy atom. The summed E-state index contributed by atoms with van der Waals surface area (Å²) in [6.45, 7) is 3.60. The van der Waals surface area contributed by atoms with Crippen LogP contribution in [0.15, 0.2) is 16.5 Å². The van der Waals surface area contributed by atoms with E-state index in [0.29, 0.717) is 23.2 Å². The van der Waals surface area contributed by atoms with Gasteiger partial charge in [0, 0.05) is 12.6 Å². The van der Waals surface area contributed by atoms with Crippen LogP contribution in [-0.4, -0.2) is 15.2 Å². The Hall–Kier alpha value is -1.91. The summed E-state index contributed by atoms with van der Waals surface area (Å²) in [6, 6.07) is 3.68. The highest BCUT2D eigenvalue weighted by molar-refractivity contribution is 5.66. The van der Waals surface area contributed by atoms with Crippen molar-refractivity contribution in [2.45, 2.75) is 13.8 Å². The second-order valence-corrected chi connectivity index (χ2v) is 3.01. The molecule has 0 aliphatic heterocycles. The maximum atomic E-state index is 5.72. The molecule has 0 atom stereocenters. The van der Waals surface area contributed by atoms with Crippen LogP contribution >= 0.6 is 0 Å². The summed E-state index contributed by atoms with van der Waals surface area (Å²) in [4.78, 5) is 4.11. The number of aromatic nitrogens is 3. The van der Waals surface area contributed by atoms with Gasteiger partial charge in [-0.05, 0) is 19.1 Å². The van der Waals surface area contributed by atoms with Crippen LogP contribution in [0.3, 0.4) is 0 Å². The Labute approximate surface area is 81.0 Å². The van der Waals surface area contributed by atoms with Gasteiger partial charge in [-0.2, -0.15) is 0 Å². The Kier molecular flexibility index (Phi) is 1.92. The molecule has 0 aliphatic rings. The van der Waals surface area contributed by atoms with Gasteiger partial charge in [-0.1, -0.05) is 0 Å². The minimum absolute atomic E-state index is 0.410. The number of rotatable bonds is 1. The van der Waals surface area contributed by atoms with E-state index in [1.807, 2.05) is 19.1 Å². The fraction of sp³-hybridized carbons (Fsp3) is 0.222. The van der Waals surface area contributed by atoms with Crippen LogP contribution < -0.4 is 5.73 Å². The van der Waals surface area contributed by atoms with E-state index in [1.54, 1.807) is 6.92 Å². The van der Waals surface area contributed by atoms with E-state index >= 15 is 0 Å². The number of hydrogen-bond acceptors (Lipinski definition) is 5. The van der Waals surface area contributed by atoms with Gasteiger partial charge in [0.2, 0.25) is 5.89 Å². The van der Waals surface area contributed by atoms with Crippen molar-refractivity contribution >= 4 is 5.82 Å². The molecule has 0 aromatic carbocycles. The predicted octanol–water partition coefficient (Wildman–Crippen LogP) is 1.33. The standard InChI is InChI=1S/C9H10N4O/c1-5-3-4-7(8(10)11-5)9-13-12-6(2)14-9/h3-4H,1-2H3,(H2,10,11). The molecule has 0 fully saturated rings. The molecule has 72 valence electrons. The topological polar surface area (TPSA) is 77.8 Å². The van der Waals surface area contributed by atoms with Gasteiger partial charge >= 0.3 is 0 Å². The molecule has 2 aromatic rings. The summed E-state index contributed by atoms with van der Waals surface area (Å²) in [5.41, 5.74) is 7.26. The first-order valence-corrected chi connectivity index (χ1v) is 4.20. The maximum absolute atomic E-state index is 5.72. The third-order valence-corrected chi connectivity index (χ3v) is 1.82. The van der Waals surface area contributed by atoms with Crippen molar-refractivity contribution in [2.75, 3.05) is 5.73 Å².